The highest BCUT2D eigenvalue weighted by Crippen LogP contribution is 2.31. The number of carbonyl (C=O) groups is 1. The van der Waals surface area contributed by atoms with E-state index < -0.39 is 12.7 Å². The van der Waals surface area contributed by atoms with E-state index in [9.17, 15) is 18.7 Å². The Morgan fingerprint density at radius 2 is 2.00 bits per heavy atom. The number of nitrogens with one attached hydrogen (secondary N) is 1. The number of halogens is 3. The maximum atomic E-state index is 12.7. The van der Waals surface area contributed by atoms with Crippen molar-refractivity contribution in [1.82, 2.24) is 10.3 Å². The van der Waals surface area contributed by atoms with Crippen molar-refractivity contribution in [2.24, 2.45) is 5.92 Å². The molecule has 0 spiro atoms. The maximum Gasteiger partial charge on any atom is 0.387 e. The Kier molecular flexibility index (Phi) is 8.02. The lowest BCUT2D eigenvalue weighted by molar-refractivity contribution is -0.0497. The molecule has 1 aromatic carbocycles. The molecule has 1 aliphatic rings. The topological polar surface area (TPSA) is 80.7 Å². The number of alkyl halides is 2. The number of fused-ring (bicyclic) bond motifs is 1. The summed E-state index contributed by atoms with van der Waals surface area (Å²) in [5.74, 6) is -0.253. The number of aliphatic hydroxyl groups is 1. The van der Waals surface area contributed by atoms with Gasteiger partial charge in [0.1, 0.15) is 5.75 Å². The van der Waals surface area contributed by atoms with E-state index in [1.54, 1.807) is 6.07 Å². The van der Waals surface area contributed by atoms with Gasteiger partial charge in [0.05, 0.1) is 34.9 Å². The minimum atomic E-state index is -2.99. The van der Waals surface area contributed by atoms with Gasteiger partial charge in [-0.05, 0) is 43.7 Å². The van der Waals surface area contributed by atoms with Crippen LogP contribution in [0.2, 0.25) is 5.02 Å². The highest BCUT2D eigenvalue weighted by atomic mass is 35.5. The van der Waals surface area contributed by atoms with Gasteiger partial charge in [-0.3, -0.25) is 9.78 Å². The highest BCUT2D eigenvalue weighted by Gasteiger charge is 2.24. The number of benzene rings is 1. The first-order valence-corrected chi connectivity index (χ1v) is 10.8. The fourth-order valence-electron chi connectivity index (χ4n) is 3.51. The van der Waals surface area contributed by atoms with Crippen molar-refractivity contribution in [3.8, 4) is 5.75 Å². The van der Waals surface area contributed by atoms with Crippen LogP contribution in [0.4, 0.5) is 8.78 Å². The molecule has 0 saturated heterocycles. The van der Waals surface area contributed by atoms with Crippen LogP contribution in [0.5, 0.6) is 5.75 Å². The van der Waals surface area contributed by atoms with E-state index in [0.717, 1.165) is 25.7 Å². The van der Waals surface area contributed by atoms with Crippen molar-refractivity contribution in [2.75, 3.05) is 6.61 Å². The van der Waals surface area contributed by atoms with Gasteiger partial charge in [0.25, 0.3) is 5.91 Å². The van der Waals surface area contributed by atoms with Gasteiger partial charge in [-0.25, -0.2) is 0 Å². The molecular weight excluding hydrogens is 430 g/mol. The Morgan fingerprint density at radius 1 is 1.29 bits per heavy atom. The van der Waals surface area contributed by atoms with Gasteiger partial charge in [-0.15, -0.1) is 0 Å². The Hall–Kier alpha value is -2.03. The second kappa shape index (κ2) is 10.5. The van der Waals surface area contributed by atoms with Crippen LogP contribution in [-0.4, -0.2) is 47.5 Å². The van der Waals surface area contributed by atoms with Crippen molar-refractivity contribution < 1.29 is 29.6 Å². The van der Waals surface area contributed by atoms with Gasteiger partial charge in [-0.2, -0.15) is 8.78 Å². The number of carbonyl (C=O) groups excluding carboxylic acids is 1. The van der Waals surface area contributed by atoms with E-state index in [-0.39, 0.29) is 36.2 Å². The first-order valence-electron chi connectivity index (χ1n) is 10.4. The third kappa shape index (κ3) is 6.48. The Bertz CT molecular complexity index is 911. The number of ether oxygens (including phenoxy) is 2. The summed E-state index contributed by atoms with van der Waals surface area (Å²) in [4.78, 5) is 16.8. The average molecular weight is 459 g/mol. The number of hydrogen-bond acceptors (Lipinski definition) is 5. The Labute approximate surface area is 186 Å². The van der Waals surface area contributed by atoms with Gasteiger partial charge >= 0.3 is 6.61 Å². The molecule has 0 aliphatic heterocycles. The molecule has 9 heteroatoms. The van der Waals surface area contributed by atoms with E-state index in [2.05, 4.69) is 15.0 Å². The zero-order valence-corrected chi connectivity index (χ0v) is 18.2. The molecule has 1 amide bonds. The quantitative estimate of drug-likeness (QED) is 0.593. The molecule has 3 rings (SSSR count). The highest BCUT2D eigenvalue weighted by molar-refractivity contribution is 6.32. The third-order valence-electron chi connectivity index (χ3n) is 5.49. The molecule has 1 aliphatic carbocycles. The lowest BCUT2D eigenvalue weighted by Gasteiger charge is -2.30. The number of aromatic nitrogens is 1. The van der Waals surface area contributed by atoms with Gasteiger partial charge in [0.15, 0.2) is 0 Å². The van der Waals surface area contributed by atoms with Crippen molar-refractivity contribution in [2.45, 2.75) is 64.4 Å². The van der Waals surface area contributed by atoms with Gasteiger partial charge in [-0.1, -0.05) is 25.4 Å². The second-order valence-corrected chi connectivity index (χ2v) is 8.58. The zero-order valence-electron chi connectivity index (χ0n) is 17.5. The van der Waals surface area contributed by atoms with Gasteiger partial charge in [0, 0.05) is 25.1 Å². The first-order chi connectivity index (χ1) is 14.7. The first kappa shape index (κ1) is 23.6. The predicted molar refractivity (Wildman–Crippen MR) is 116 cm³/mol. The SMILES string of the molecule is CC(C)C(O)COC1CCC(NC(=O)c2cnc3cc(OC(F)F)c(Cl)cc3c2)CC1.[HH]. The van der Waals surface area contributed by atoms with Crippen molar-refractivity contribution in [1.29, 1.82) is 0 Å². The minimum absolute atomic E-state index is 0. The molecule has 1 atom stereocenters. The van der Waals surface area contributed by atoms with Crippen LogP contribution < -0.4 is 10.1 Å². The van der Waals surface area contributed by atoms with Crippen LogP contribution in [0.3, 0.4) is 0 Å². The maximum absolute atomic E-state index is 12.7. The summed E-state index contributed by atoms with van der Waals surface area (Å²) < 4.78 is 35.1. The summed E-state index contributed by atoms with van der Waals surface area (Å²) in [6.07, 6.45) is 4.23. The molecule has 1 saturated carbocycles. The number of hydrogen-bond donors (Lipinski definition) is 2. The zero-order chi connectivity index (χ0) is 22.5. The lowest BCUT2D eigenvalue weighted by atomic mass is 9.92. The normalized spacial score (nSPS) is 20.3. The minimum Gasteiger partial charge on any atom is -0.433 e. The summed E-state index contributed by atoms with van der Waals surface area (Å²) in [6.45, 7) is 1.24. The Morgan fingerprint density at radius 3 is 2.65 bits per heavy atom. The standard InChI is InChI=1S/C22H27ClF2N2O4.H2/c1-12(2)19(28)11-30-16-5-3-15(4-6-16)27-21(29)14-7-13-8-17(23)20(31-22(24)25)9-18(13)26-10-14;/h7-10,12,15-16,19,22,28H,3-6,11H2,1-2H3,(H,27,29);1H. The molecule has 2 N–H and O–H groups in total. The van der Waals surface area contributed by atoms with E-state index in [4.69, 9.17) is 16.3 Å². The van der Waals surface area contributed by atoms with Gasteiger partial charge < -0.3 is 19.9 Å². The molecule has 1 fully saturated rings. The molecule has 1 aromatic heterocycles. The molecule has 31 heavy (non-hydrogen) atoms. The summed E-state index contributed by atoms with van der Waals surface area (Å²) >= 11 is 6.00. The lowest BCUT2D eigenvalue weighted by Crippen LogP contribution is -2.39. The van der Waals surface area contributed by atoms with Crippen LogP contribution in [0, 0.1) is 5.92 Å². The van der Waals surface area contributed by atoms with Crippen molar-refractivity contribution in [3.05, 3.63) is 35.0 Å². The number of amides is 1. The fraction of sp³-hybridized carbons (Fsp3) is 0.545. The largest absolute Gasteiger partial charge is 0.433 e. The number of rotatable bonds is 8. The Balaban J connectivity index is 0.00000363. The summed E-state index contributed by atoms with van der Waals surface area (Å²) in [6, 6.07) is 4.43. The summed E-state index contributed by atoms with van der Waals surface area (Å²) in [5.41, 5.74) is 0.766. The molecule has 172 valence electrons. The summed E-state index contributed by atoms with van der Waals surface area (Å²) in [7, 11) is 0. The monoisotopic (exact) mass is 458 g/mol. The van der Waals surface area contributed by atoms with Crippen LogP contribution in [0.25, 0.3) is 10.9 Å². The van der Waals surface area contributed by atoms with Crippen LogP contribution >= 0.6 is 11.6 Å². The van der Waals surface area contributed by atoms with Gasteiger partial charge in [0.2, 0.25) is 0 Å². The van der Waals surface area contributed by atoms with Crippen molar-refractivity contribution >= 4 is 28.4 Å². The molecule has 2 aromatic rings. The second-order valence-electron chi connectivity index (χ2n) is 8.17. The fourth-order valence-corrected chi connectivity index (χ4v) is 3.73. The molecule has 0 radical (unpaired) electrons. The van der Waals surface area contributed by atoms with E-state index in [1.807, 2.05) is 13.8 Å². The van der Waals surface area contributed by atoms with E-state index in [1.165, 1.54) is 18.3 Å². The molecular formula is C22H29ClF2N2O4. The number of aliphatic hydroxyl groups excluding tert-OH is 1. The third-order valence-corrected chi connectivity index (χ3v) is 5.79. The number of nitrogens with zero attached hydrogens (tertiary/aromatic N) is 1. The van der Waals surface area contributed by atoms with Crippen LogP contribution in [-0.2, 0) is 4.74 Å². The van der Waals surface area contributed by atoms with Crippen molar-refractivity contribution in [3.63, 3.8) is 0 Å². The number of pyridine rings is 1. The van der Waals surface area contributed by atoms with Crippen LogP contribution in [0.1, 0.15) is 51.3 Å². The summed E-state index contributed by atoms with van der Waals surface area (Å²) in [5, 5.41) is 13.5. The van der Waals surface area contributed by atoms with Crippen LogP contribution in [0.15, 0.2) is 24.4 Å². The predicted octanol–water partition coefficient (Wildman–Crippen LogP) is 4.81. The molecule has 0 bridgehead atoms. The molecule has 1 unspecified atom stereocenters. The average Bonchev–Trinajstić information content (AvgIpc) is 2.72. The van der Waals surface area contributed by atoms with E-state index in [0.29, 0.717) is 23.1 Å². The molecule has 6 nitrogen and oxygen atoms in total. The van der Waals surface area contributed by atoms with E-state index >= 15 is 0 Å². The molecule has 1 heterocycles. The smallest absolute Gasteiger partial charge is 0.387 e.